The van der Waals surface area contributed by atoms with Crippen LogP contribution in [0.2, 0.25) is 5.02 Å². The SMILES string of the molecule is COc1cc(N)c(Cl)cc1C(=O)NCC1CCN(c2ccccc2CCOC(N)=O)CC1. The van der Waals surface area contributed by atoms with Crippen molar-refractivity contribution in [2.75, 3.05) is 44.0 Å². The molecular formula is C23H29ClN4O4. The van der Waals surface area contributed by atoms with E-state index in [1.807, 2.05) is 18.2 Å². The highest BCUT2D eigenvalue weighted by Crippen LogP contribution is 2.29. The number of methoxy groups -OCH3 is 1. The highest BCUT2D eigenvalue weighted by atomic mass is 35.5. The van der Waals surface area contributed by atoms with Gasteiger partial charge in [-0.3, -0.25) is 4.79 Å². The van der Waals surface area contributed by atoms with Gasteiger partial charge in [-0.1, -0.05) is 29.8 Å². The minimum atomic E-state index is -0.760. The van der Waals surface area contributed by atoms with Crippen LogP contribution < -0.4 is 26.4 Å². The number of hydrogen-bond acceptors (Lipinski definition) is 6. The maximum atomic E-state index is 12.7. The second kappa shape index (κ2) is 10.9. The number of amides is 2. The second-order valence-electron chi connectivity index (χ2n) is 7.76. The molecule has 0 atom stereocenters. The van der Waals surface area contributed by atoms with Crippen molar-refractivity contribution in [3.05, 3.63) is 52.5 Å². The number of nitrogen functional groups attached to an aromatic ring is 1. The molecule has 0 spiro atoms. The van der Waals surface area contributed by atoms with E-state index in [0.29, 0.717) is 40.9 Å². The molecule has 0 bridgehead atoms. The van der Waals surface area contributed by atoms with Gasteiger partial charge in [0.15, 0.2) is 0 Å². The van der Waals surface area contributed by atoms with Crippen LogP contribution in [0.5, 0.6) is 5.75 Å². The molecule has 0 unspecified atom stereocenters. The first kappa shape index (κ1) is 23.5. The summed E-state index contributed by atoms with van der Waals surface area (Å²) >= 11 is 6.07. The number of halogens is 1. The molecule has 1 aliphatic rings. The first-order chi connectivity index (χ1) is 15.4. The van der Waals surface area contributed by atoms with Gasteiger partial charge >= 0.3 is 6.09 Å². The summed E-state index contributed by atoms with van der Waals surface area (Å²) in [4.78, 5) is 25.8. The second-order valence-corrected chi connectivity index (χ2v) is 8.17. The molecular weight excluding hydrogens is 432 g/mol. The summed E-state index contributed by atoms with van der Waals surface area (Å²) in [7, 11) is 1.49. The minimum absolute atomic E-state index is 0.231. The zero-order valence-electron chi connectivity index (χ0n) is 18.1. The molecule has 0 aliphatic carbocycles. The molecule has 0 saturated carbocycles. The van der Waals surface area contributed by atoms with Gasteiger partial charge in [-0.05, 0) is 36.5 Å². The van der Waals surface area contributed by atoms with Gasteiger partial charge in [-0.25, -0.2) is 4.79 Å². The zero-order chi connectivity index (χ0) is 23.1. The van der Waals surface area contributed by atoms with Crippen molar-refractivity contribution in [3.63, 3.8) is 0 Å². The van der Waals surface area contributed by atoms with Crippen molar-refractivity contribution >= 4 is 35.0 Å². The highest BCUT2D eigenvalue weighted by Gasteiger charge is 2.22. The number of nitrogens with two attached hydrogens (primary N) is 2. The summed E-state index contributed by atoms with van der Waals surface area (Å²) < 4.78 is 10.2. The largest absolute Gasteiger partial charge is 0.496 e. The predicted molar refractivity (Wildman–Crippen MR) is 125 cm³/mol. The smallest absolute Gasteiger partial charge is 0.404 e. The minimum Gasteiger partial charge on any atom is -0.496 e. The molecule has 1 heterocycles. The fraction of sp³-hybridized carbons (Fsp3) is 0.391. The van der Waals surface area contributed by atoms with E-state index < -0.39 is 6.09 Å². The summed E-state index contributed by atoms with van der Waals surface area (Å²) in [6.45, 7) is 2.59. The van der Waals surface area contributed by atoms with Crippen LogP contribution in [0.25, 0.3) is 0 Å². The topological polar surface area (TPSA) is 120 Å². The molecule has 1 fully saturated rings. The average Bonchev–Trinajstić information content (AvgIpc) is 2.79. The van der Waals surface area contributed by atoms with E-state index in [-0.39, 0.29) is 12.5 Å². The molecule has 172 valence electrons. The Hall–Kier alpha value is -3.13. The average molecular weight is 461 g/mol. The first-order valence-electron chi connectivity index (χ1n) is 10.5. The monoisotopic (exact) mass is 460 g/mol. The van der Waals surface area contributed by atoms with Crippen molar-refractivity contribution in [2.24, 2.45) is 11.7 Å². The molecule has 9 heteroatoms. The summed E-state index contributed by atoms with van der Waals surface area (Å²) in [5.74, 6) is 0.540. The molecule has 32 heavy (non-hydrogen) atoms. The lowest BCUT2D eigenvalue weighted by atomic mass is 9.95. The number of nitrogens with zero attached hydrogens (tertiary/aromatic N) is 1. The summed E-state index contributed by atoms with van der Waals surface area (Å²) in [5.41, 5.74) is 13.8. The maximum absolute atomic E-state index is 12.7. The van der Waals surface area contributed by atoms with Crippen LogP contribution in [0, 0.1) is 5.92 Å². The number of carbonyl (C=O) groups excluding carboxylic acids is 2. The van der Waals surface area contributed by atoms with E-state index in [4.69, 9.17) is 32.5 Å². The zero-order valence-corrected chi connectivity index (χ0v) is 18.9. The van der Waals surface area contributed by atoms with Crippen LogP contribution in [-0.4, -0.2) is 45.4 Å². The number of benzene rings is 2. The molecule has 8 nitrogen and oxygen atoms in total. The molecule has 1 aliphatic heterocycles. The number of hydrogen-bond donors (Lipinski definition) is 3. The Labute approximate surface area is 192 Å². The lowest BCUT2D eigenvalue weighted by Crippen LogP contribution is -2.39. The van der Waals surface area contributed by atoms with Crippen molar-refractivity contribution < 1.29 is 19.1 Å². The van der Waals surface area contributed by atoms with Gasteiger partial charge in [0, 0.05) is 37.8 Å². The highest BCUT2D eigenvalue weighted by molar-refractivity contribution is 6.33. The number of nitrogens with one attached hydrogen (secondary N) is 1. The Morgan fingerprint density at radius 1 is 1.22 bits per heavy atom. The summed E-state index contributed by atoms with van der Waals surface area (Å²) in [6, 6.07) is 11.2. The van der Waals surface area contributed by atoms with E-state index in [1.165, 1.54) is 13.2 Å². The number of carbonyl (C=O) groups is 2. The van der Waals surface area contributed by atoms with Crippen LogP contribution in [-0.2, 0) is 11.2 Å². The fourth-order valence-electron chi connectivity index (χ4n) is 3.92. The lowest BCUT2D eigenvalue weighted by molar-refractivity contribution is 0.0942. The van der Waals surface area contributed by atoms with E-state index in [2.05, 4.69) is 16.3 Å². The standard InChI is InChI=1S/C23H29ClN4O4/c1-31-21-13-19(25)18(24)12-17(21)22(29)27-14-15-6-9-28(10-7-15)20-5-3-2-4-16(20)8-11-32-23(26)30/h2-5,12-13,15H,6-11,14,25H2,1H3,(H2,26,30)(H,27,29). The number of anilines is 2. The molecule has 2 amide bonds. The summed E-state index contributed by atoms with van der Waals surface area (Å²) in [6.07, 6.45) is 1.75. The van der Waals surface area contributed by atoms with Crippen LogP contribution in [0.1, 0.15) is 28.8 Å². The van der Waals surface area contributed by atoms with Crippen molar-refractivity contribution in [3.8, 4) is 5.75 Å². The van der Waals surface area contributed by atoms with Crippen LogP contribution in [0.15, 0.2) is 36.4 Å². The van der Waals surface area contributed by atoms with Gasteiger partial charge in [0.25, 0.3) is 5.91 Å². The Morgan fingerprint density at radius 3 is 2.62 bits per heavy atom. The predicted octanol–water partition coefficient (Wildman–Crippen LogP) is 3.22. The van der Waals surface area contributed by atoms with E-state index in [9.17, 15) is 9.59 Å². The van der Waals surface area contributed by atoms with Crippen molar-refractivity contribution in [2.45, 2.75) is 19.3 Å². The van der Waals surface area contributed by atoms with Crippen molar-refractivity contribution in [1.82, 2.24) is 5.32 Å². The van der Waals surface area contributed by atoms with Gasteiger partial charge in [-0.2, -0.15) is 0 Å². The van der Waals surface area contributed by atoms with Gasteiger partial charge in [0.2, 0.25) is 0 Å². The fourth-order valence-corrected chi connectivity index (χ4v) is 4.08. The lowest BCUT2D eigenvalue weighted by Gasteiger charge is -2.35. The third kappa shape index (κ3) is 5.97. The molecule has 2 aromatic rings. The molecule has 5 N–H and O–H groups in total. The molecule has 2 aromatic carbocycles. The first-order valence-corrected chi connectivity index (χ1v) is 10.9. The Kier molecular flexibility index (Phi) is 8.05. The number of primary amides is 1. The van der Waals surface area contributed by atoms with Crippen LogP contribution >= 0.6 is 11.6 Å². The molecule has 1 saturated heterocycles. The van der Waals surface area contributed by atoms with Crippen molar-refractivity contribution in [1.29, 1.82) is 0 Å². The normalized spacial score (nSPS) is 14.1. The number of piperidine rings is 1. The molecule has 0 radical (unpaired) electrons. The van der Waals surface area contributed by atoms with Gasteiger partial charge < -0.3 is 31.2 Å². The number of ether oxygens (including phenoxy) is 2. The quantitative estimate of drug-likeness (QED) is 0.520. The van der Waals surface area contributed by atoms with E-state index >= 15 is 0 Å². The number of rotatable bonds is 8. The van der Waals surface area contributed by atoms with Gasteiger partial charge in [0.05, 0.1) is 30.0 Å². The third-order valence-electron chi connectivity index (χ3n) is 5.68. The Morgan fingerprint density at radius 2 is 1.94 bits per heavy atom. The molecule has 0 aromatic heterocycles. The van der Waals surface area contributed by atoms with Crippen LogP contribution in [0.3, 0.4) is 0 Å². The van der Waals surface area contributed by atoms with Crippen LogP contribution in [0.4, 0.5) is 16.2 Å². The summed E-state index contributed by atoms with van der Waals surface area (Å²) in [5, 5.41) is 3.32. The maximum Gasteiger partial charge on any atom is 0.404 e. The Bertz CT molecular complexity index is 961. The Balaban J connectivity index is 1.53. The van der Waals surface area contributed by atoms with Gasteiger partial charge in [0.1, 0.15) is 5.75 Å². The number of para-hydroxylation sites is 1. The third-order valence-corrected chi connectivity index (χ3v) is 6.00. The van der Waals surface area contributed by atoms with Gasteiger partial charge in [-0.15, -0.1) is 0 Å². The molecule has 3 rings (SSSR count). The van der Waals surface area contributed by atoms with E-state index in [0.717, 1.165) is 37.2 Å². The van der Waals surface area contributed by atoms with E-state index in [1.54, 1.807) is 6.07 Å².